The number of hydrogen-bond donors (Lipinski definition) is 2. The van der Waals surface area contributed by atoms with Crippen LogP contribution < -0.4 is 11.3 Å². The third-order valence-corrected chi connectivity index (χ3v) is 2.89. The number of anilines is 1. The molecule has 0 radical (unpaired) electrons. The van der Waals surface area contributed by atoms with E-state index in [4.69, 9.17) is 5.73 Å². The van der Waals surface area contributed by atoms with Crippen LogP contribution in [0.3, 0.4) is 0 Å². The van der Waals surface area contributed by atoms with Gasteiger partial charge in [0.25, 0.3) is 5.56 Å². The molecular weight excluding hydrogens is 226 g/mol. The number of nitrogens with one attached hydrogen (secondary N) is 1. The summed E-state index contributed by atoms with van der Waals surface area (Å²) < 4.78 is 0. The molecule has 4 heteroatoms. The lowest BCUT2D eigenvalue weighted by atomic mass is 10.0. The van der Waals surface area contributed by atoms with E-state index in [2.05, 4.69) is 9.97 Å². The zero-order valence-corrected chi connectivity index (χ0v) is 9.55. The molecule has 3 N–H and O–H groups in total. The summed E-state index contributed by atoms with van der Waals surface area (Å²) >= 11 is 0. The third-order valence-electron chi connectivity index (χ3n) is 2.89. The van der Waals surface area contributed by atoms with Crippen molar-refractivity contribution in [2.45, 2.75) is 0 Å². The molecule has 0 fully saturated rings. The van der Waals surface area contributed by atoms with Crippen molar-refractivity contribution in [3.63, 3.8) is 0 Å². The molecule has 0 aliphatic rings. The van der Waals surface area contributed by atoms with Crippen LogP contribution in [0.4, 0.5) is 5.69 Å². The molecule has 3 aromatic rings. The van der Waals surface area contributed by atoms with Gasteiger partial charge in [0, 0.05) is 23.3 Å². The molecule has 0 spiro atoms. The quantitative estimate of drug-likeness (QED) is 0.681. The number of rotatable bonds is 1. The first-order valence-electron chi connectivity index (χ1n) is 5.58. The van der Waals surface area contributed by atoms with Gasteiger partial charge in [-0.3, -0.25) is 9.78 Å². The topological polar surface area (TPSA) is 71.8 Å². The molecule has 4 nitrogen and oxygen atoms in total. The van der Waals surface area contributed by atoms with Crippen LogP contribution in [-0.2, 0) is 0 Å². The summed E-state index contributed by atoms with van der Waals surface area (Å²) in [6.07, 6.45) is 3.42. The monoisotopic (exact) mass is 237 g/mol. The zero-order chi connectivity index (χ0) is 12.5. The fraction of sp³-hybridized carbons (Fsp3) is 0. The molecule has 0 aliphatic carbocycles. The Kier molecular flexibility index (Phi) is 2.34. The second-order valence-electron chi connectivity index (χ2n) is 4.05. The number of pyridine rings is 2. The maximum absolute atomic E-state index is 11.3. The minimum absolute atomic E-state index is 0.216. The maximum atomic E-state index is 11.3. The molecule has 2 aromatic heterocycles. The predicted octanol–water partition coefficient (Wildman–Crippen LogP) is 2.17. The van der Waals surface area contributed by atoms with Crippen LogP contribution >= 0.6 is 0 Å². The van der Waals surface area contributed by atoms with E-state index in [9.17, 15) is 4.79 Å². The molecule has 2 heterocycles. The molecule has 88 valence electrons. The molecule has 0 bridgehead atoms. The van der Waals surface area contributed by atoms with Crippen molar-refractivity contribution in [3.8, 4) is 11.1 Å². The van der Waals surface area contributed by atoms with Gasteiger partial charge in [0.1, 0.15) is 0 Å². The number of para-hydroxylation sites is 1. The van der Waals surface area contributed by atoms with E-state index in [1.165, 1.54) is 0 Å². The highest BCUT2D eigenvalue weighted by Gasteiger charge is 2.05. The van der Waals surface area contributed by atoms with Crippen molar-refractivity contribution in [2.75, 3.05) is 5.73 Å². The standard InChI is InChI=1S/C14H11N3O/c15-12-7-9(8-17-14(12)18)10-5-6-16-13-4-2-1-3-11(10)13/h1-8H,15H2,(H,17,18). The van der Waals surface area contributed by atoms with Crippen molar-refractivity contribution in [2.24, 2.45) is 0 Å². The van der Waals surface area contributed by atoms with Crippen LogP contribution in [0.2, 0.25) is 0 Å². The van der Waals surface area contributed by atoms with Crippen LogP contribution in [0.25, 0.3) is 22.0 Å². The Bertz CT molecular complexity index is 772. The molecule has 0 amide bonds. The van der Waals surface area contributed by atoms with E-state index in [1.807, 2.05) is 30.3 Å². The number of nitrogen functional groups attached to an aromatic ring is 1. The van der Waals surface area contributed by atoms with Gasteiger partial charge in [-0.1, -0.05) is 18.2 Å². The summed E-state index contributed by atoms with van der Waals surface area (Å²) in [5.41, 5.74) is 8.39. The Morgan fingerprint density at radius 2 is 2.00 bits per heavy atom. The molecule has 0 atom stereocenters. The van der Waals surface area contributed by atoms with Crippen LogP contribution in [0.1, 0.15) is 0 Å². The first kappa shape index (κ1) is 10.5. The van der Waals surface area contributed by atoms with E-state index in [0.717, 1.165) is 22.0 Å². The van der Waals surface area contributed by atoms with Crippen LogP contribution in [0.15, 0.2) is 53.6 Å². The van der Waals surface area contributed by atoms with Gasteiger partial charge in [0.05, 0.1) is 11.2 Å². The zero-order valence-electron chi connectivity index (χ0n) is 9.55. The average Bonchev–Trinajstić information content (AvgIpc) is 2.41. The van der Waals surface area contributed by atoms with E-state index >= 15 is 0 Å². The molecular formula is C14H11N3O. The molecule has 1 aromatic carbocycles. The van der Waals surface area contributed by atoms with Gasteiger partial charge >= 0.3 is 0 Å². The predicted molar refractivity (Wildman–Crippen MR) is 72.2 cm³/mol. The summed E-state index contributed by atoms with van der Waals surface area (Å²) in [5, 5.41) is 1.03. The van der Waals surface area contributed by atoms with E-state index < -0.39 is 0 Å². The summed E-state index contributed by atoms with van der Waals surface area (Å²) in [7, 11) is 0. The second-order valence-corrected chi connectivity index (χ2v) is 4.05. The number of fused-ring (bicyclic) bond motifs is 1. The molecule has 0 aliphatic heterocycles. The van der Waals surface area contributed by atoms with Gasteiger partial charge in [0.2, 0.25) is 0 Å². The van der Waals surface area contributed by atoms with Gasteiger partial charge in [-0.2, -0.15) is 0 Å². The minimum atomic E-state index is -0.267. The first-order valence-corrected chi connectivity index (χ1v) is 5.58. The lowest BCUT2D eigenvalue weighted by molar-refractivity contribution is 1.25. The molecule has 0 saturated carbocycles. The smallest absolute Gasteiger partial charge is 0.271 e. The Balaban J connectivity index is 2.31. The fourth-order valence-corrected chi connectivity index (χ4v) is 2.00. The van der Waals surface area contributed by atoms with E-state index in [-0.39, 0.29) is 11.2 Å². The summed E-state index contributed by atoms with van der Waals surface area (Å²) in [6.45, 7) is 0. The van der Waals surface area contributed by atoms with Crippen LogP contribution in [0, 0.1) is 0 Å². The fourth-order valence-electron chi connectivity index (χ4n) is 2.00. The number of nitrogens with zero attached hydrogens (tertiary/aromatic N) is 1. The lowest BCUT2D eigenvalue weighted by Gasteiger charge is -2.06. The Labute approximate surface area is 103 Å². The van der Waals surface area contributed by atoms with Gasteiger partial charge < -0.3 is 10.7 Å². The first-order chi connectivity index (χ1) is 8.75. The van der Waals surface area contributed by atoms with E-state index in [0.29, 0.717) is 0 Å². The lowest BCUT2D eigenvalue weighted by Crippen LogP contribution is -2.10. The summed E-state index contributed by atoms with van der Waals surface area (Å²) in [4.78, 5) is 18.2. The van der Waals surface area contributed by atoms with Gasteiger partial charge in [-0.25, -0.2) is 0 Å². The number of aromatic nitrogens is 2. The summed E-state index contributed by atoms with van der Waals surface area (Å²) in [6, 6.07) is 11.5. The van der Waals surface area contributed by atoms with Crippen molar-refractivity contribution in [1.82, 2.24) is 9.97 Å². The average molecular weight is 237 g/mol. The molecule has 18 heavy (non-hydrogen) atoms. The van der Waals surface area contributed by atoms with Gasteiger partial charge in [0.15, 0.2) is 0 Å². The largest absolute Gasteiger partial charge is 0.394 e. The Morgan fingerprint density at radius 3 is 2.83 bits per heavy atom. The minimum Gasteiger partial charge on any atom is -0.394 e. The normalized spacial score (nSPS) is 10.7. The Morgan fingerprint density at radius 1 is 1.17 bits per heavy atom. The maximum Gasteiger partial charge on any atom is 0.271 e. The number of hydrogen-bond acceptors (Lipinski definition) is 3. The van der Waals surface area contributed by atoms with Crippen molar-refractivity contribution in [3.05, 3.63) is 59.1 Å². The molecule has 3 rings (SSSR count). The number of nitrogens with two attached hydrogens (primary N) is 1. The highest BCUT2D eigenvalue weighted by Crippen LogP contribution is 2.26. The Hall–Kier alpha value is -2.62. The SMILES string of the molecule is Nc1cc(-c2ccnc3ccccc23)c[nH]c1=O. The van der Waals surface area contributed by atoms with Crippen LogP contribution in [0.5, 0.6) is 0 Å². The number of aromatic amines is 1. The number of benzene rings is 1. The van der Waals surface area contributed by atoms with E-state index in [1.54, 1.807) is 18.5 Å². The van der Waals surface area contributed by atoms with Gasteiger partial charge in [-0.05, 0) is 23.8 Å². The molecule has 0 saturated heterocycles. The van der Waals surface area contributed by atoms with Crippen LogP contribution in [-0.4, -0.2) is 9.97 Å². The highest BCUT2D eigenvalue weighted by molar-refractivity contribution is 5.94. The summed E-state index contributed by atoms with van der Waals surface area (Å²) in [5.74, 6) is 0. The van der Waals surface area contributed by atoms with Crippen molar-refractivity contribution < 1.29 is 0 Å². The van der Waals surface area contributed by atoms with Crippen molar-refractivity contribution >= 4 is 16.6 Å². The van der Waals surface area contributed by atoms with Gasteiger partial charge in [-0.15, -0.1) is 0 Å². The number of H-pyrrole nitrogens is 1. The molecule has 0 unspecified atom stereocenters. The second kappa shape index (κ2) is 4.00. The third kappa shape index (κ3) is 1.64. The highest BCUT2D eigenvalue weighted by atomic mass is 16.1. The van der Waals surface area contributed by atoms with Crippen molar-refractivity contribution in [1.29, 1.82) is 0 Å².